The molecule has 2 unspecified atom stereocenters. The van der Waals surface area contributed by atoms with Crippen LogP contribution < -0.4 is 5.32 Å². The SMILES string of the molecule is CN1C(=O)C2C=C(C(=O)NC3CCCN(S(C)(=O)=O)C3)C=NC2=[N+](C)C1=O. The molecule has 11 heteroatoms. The molecular formula is C16H22N5O5S+. The van der Waals surface area contributed by atoms with Crippen molar-refractivity contribution in [3.63, 3.8) is 0 Å². The fraction of sp³-hybridized carbons (Fsp3) is 0.562. The third-order valence-electron chi connectivity index (χ3n) is 4.92. The van der Waals surface area contributed by atoms with Crippen LogP contribution in [0.2, 0.25) is 0 Å². The predicted octanol–water partition coefficient (Wildman–Crippen LogP) is -1.21. The largest absolute Gasteiger partial charge is 0.445 e. The van der Waals surface area contributed by atoms with Crippen molar-refractivity contribution in [2.24, 2.45) is 10.9 Å². The summed E-state index contributed by atoms with van der Waals surface area (Å²) in [5, 5.41) is 2.81. The maximum atomic E-state index is 12.6. The first-order valence-corrected chi connectivity index (χ1v) is 10.4. The fourth-order valence-corrected chi connectivity index (χ4v) is 4.29. The van der Waals surface area contributed by atoms with Crippen molar-refractivity contribution in [3.8, 4) is 0 Å². The van der Waals surface area contributed by atoms with Crippen LogP contribution in [0, 0.1) is 5.92 Å². The smallest absolute Gasteiger partial charge is 0.348 e. The van der Waals surface area contributed by atoms with Crippen molar-refractivity contribution in [2.75, 3.05) is 33.4 Å². The third kappa shape index (κ3) is 3.69. The number of amidine groups is 1. The Morgan fingerprint density at radius 1 is 1.37 bits per heavy atom. The van der Waals surface area contributed by atoms with Gasteiger partial charge in [-0.3, -0.25) is 9.59 Å². The number of fused-ring (bicyclic) bond motifs is 1. The second-order valence-electron chi connectivity index (χ2n) is 6.89. The number of hydrogen-bond donors (Lipinski definition) is 1. The van der Waals surface area contributed by atoms with Crippen molar-refractivity contribution >= 4 is 39.9 Å². The van der Waals surface area contributed by atoms with Crippen LogP contribution >= 0.6 is 0 Å². The van der Waals surface area contributed by atoms with Crippen LogP contribution in [-0.2, 0) is 19.6 Å². The molecule has 0 spiro atoms. The maximum Gasteiger partial charge on any atom is 0.445 e. The zero-order valence-electron chi connectivity index (χ0n) is 15.4. The summed E-state index contributed by atoms with van der Waals surface area (Å²) in [5.74, 6) is -1.40. The zero-order valence-corrected chi connectivity index (χ0v) is 16.2. The van der Waals surface area contributed by atoms with Crippen molar-refractivity contribution in [1.82, 2.24) is 14.5 Å². The summed E-state index contributed by atoms with van der Waals surface area (Å²) in [4.78, 5) is 42.0. The molecule has 27 heavy (non-hydrogen) atoms. The van der Waals surface area contributed by atoms with Crippen molar-refractivity contribution in [1.29, 1.82) is 0 Å². The van der Waals surface area contributed by atoms with E-state index >= 15 is 0 Å². The first-order chi connectivity index (χ1) is 12.6. The highest BCUT2D eigenvalue weighted by Gasteiger charge is 2.44. The summed E-state index contributed by atoms with van der Waals surface area (Å²) < 4.78 is 26.0. The van der Waals surface area contributed by atoms with Gasteiger partial charge in [0.05, 0.1) is 25.9 Å². The van der Waals surface area contributed by atoms with E-state index in [0.717, 1.165) is 11.2 Å². The molecule has 146 valence electrons. The molecule has 3 heterocycles. The van der Waals surface area contributed by atoms with Crippen molar-refractivity contribution in [3.05, 3.63) is 11.6 Å². The molecule has 3 aliphatic rings. The lowest BCUT2D eigenvalue weighted by molar-refractivity contribution is -0.407. The molecule has 3 aliphatic heterocycles. The minimum absolute atomic E-state index is 0.213. The Balaban J connectivity index is 1.75. The number of piperidine rings is 1. The summed E-state index contributed by atoms with van der Waals surface area (Å²) in [6.45, 7) is 0.658. The molecule has 1 fully saturated rings. The highest BCUT2D eigenvalue weighted by Crippen LogP contribution is 2.20. The van der Waals surface area contributed by atoms with E-state index in [1.165, 1.54) is 35.3 Å². The van der Waals surface area contributed by atoms with Gasteiger partial charge in [0.25, 0.3) is 11.7 Å². The van der Waals surface area contributed by atoms with Crippen LogP contribution in [0.5, 0.6) is 0 Å². The number of amides is 4. The number of hydrogen-bond acceptors (Lipinski definition) is 6. The number of rotatable bonds is 3. The van der Waals surface area contributed by atoms with Crippen LogP contribution in [0.4, 0.5) is 4.79 Å². The Labute approximate surface area is 157 Å². The van der Waals surface area contributed by atoms with E-state index < -0.39 is 33.8 Å². The van der Waals surface area contributed by atoms with E-state index in [1.807, 2.05) is 0 Å². The van der Waals surface area contributed by atoms with Gasteiger partial charge in [0, 0.05) is 19.1 Å². The quantitative estimate of drug-likeness (QED) is 0.600. The number of carbonyl (C=O) groups excluding carboxylic acids is 3. The molecule has 0 aromatic rings. The molecular weight excluding hydrogens is 374 g/mol. The molecule has 4 amide bonds. The van der Waals surface area contributed by atoms with E-state index in [0.29, 0.717) is 19.4 Å². The second kappa shape index (κ2) is 6.97. The molecule has 0 aliphatic carbocycles. The van der Waals surface area contributed by atoms with Gasteiger partial charge in [-0.25, -0.2) is 17.5 Å². The molecule has 0 saturated carbocycles. The molecule has 1 N–H and O–H groups in total. The number of sulfonamides is 1. The normalized spacial score (nSPS) is 26.8. The first-order valence-electron chi connectivity index (χ1n) is 8.53. The molecule has 0 radical (unpaired) electrons. The minimum Gasteiger partial charge on any atom is -0.348 e. The average Bonchev–Trinajstić information content (AvgIpc) is 2.63. The summed E-state index contributed by atoms with van der Waals surface area (Å²) in [7, 11) is -0.410. The highest BCUT2D eigenvalue weighted by atomic mass is 32.2. The number of nitrogens with zero attached hydrogens (tertiary/aromatic N) is 4. The molecule has 0 bridgehead atoms. The van der Waals surface area contributed by atoms with E-state index in [2.05, 4.69) is 10.3 Å². The Morgan fingerprint density at radius 2 is 2.07 bits per heavy atom. The van der Waals surface area contributed by atoms with Crippen LogP contribution in [0.3, 0.4) is 0 Å². The van der Waals surface area contributed by atoms with Crippen LogP contribution in [0.1, 0.15) is 12.8 Å². The first kappa shape index (κ1) is 19.4. The summed E-state index contributed by atoms with van der Waals surface area (Å²) >= 11 is 0. The van der Waals surface area contributed by atoms with Crippen molar-refractivity contribution < 1.29 is 27.4 Å². The lowest BCUT2D eigenvalue weighted by Crippen LogP contribution is -2.52. The second-order valence-corrected chi connectivity index (χ2v) is 8.87. The number of aliphatic imine (C=N–C) groups is 1. The molecule has 3 rings (SSSR count). The lowest BCUT2D eigenvalue weighted by Gasteiger charge is -2.31. The Morgan fingerprint density at radius 3 is 2.74 bits per heavy atom. The van der Waals surface area contributed by atoms with Gasteiger partial charge >= 0.3 is 11.9 Å². The number of dihydropyridines is 1. The predicted molar refractivity (Wildman–Crippen MR) is 97.0 cm³/mol. The van der Waals surface area contributed by atoms with Gasteiger partial charge < -0.3 is 5.32 Å². The van der Waals surface area contributed by atoms with Gasteiger partial charge in [-0.2, -0.15) is 9.48 Å². The van der Waals surface area contributed by atoms with Gasteiger partial charge in [-0.15, -0.1) is 4.99 Å². The van der Waals surface area contributed by atoms with Gasteiger partial charge in [0.2, 0.25) is 10.0 Å². The van der Waals surface area contributed by atoms with Gasteiger partial charge in [-0.1, -0.05) is 0 Å². The number of nitrogens with one attached hydrogen (secondary N) is 1. The van der Waals surface area contributed by atoms with Gasteiger partial charge in [0.1, 0.15) is 6.21 Å². The van der Waals surface area contributed by atoms with E-state index in [4.69, 9.17) is 0 Å². The molecule has 0 aromatic heterocycles. The van der Waals surface area contributed by atoms with Crippen LogP contribution in [0.15, 0.2) is 16.6 Å². The highest BCUT2D eigenvalue weighted by molar-refractivity contribution is 7.88. The van der Waals surface area contributed by atoms with Gasteiger partial charge in [-0.05, 0) is 18.9 Å². The summed E-state index contributed by atoms with van der Waals surface area (Å²) in [5.41, 5.74) is 0.213. The summed E-state index contributed by atoms with van der Waals surface area (Å²) in [6.07, 6.45) is 5.27. The fourth-order valence-electron chi connectivity index (χ4n) is 3.38. The molecule has 2 atom stereocenters. The zero-order chi connectivity index (χ0) is 19.9. The van der Waals surface area contributed by atoms with Crippen LogP contribution in [0.25, 0.3) is 0 Å². The monoisotopic (exact) mass is 396 g/mol. The van der Waals surface area contributed by atoms with Crippen molar-refractivity contribution in [2.45, 2.75) is 18.9 Å². The van der Waals surface area contributed by atoms with E-state index in [-0.39, 0.29) is 24.0 Å². The van der Waals surface area contributed by atoms with E-state index in [1.54, 1.807) is 0 Å². The number of imide groups is 1. The maximum absolute atomic E-state index is 12.6. The lowest BCUT2D eigenvalue weighted by atomic mass is 9.98. The number of urea groups is 1. The minimum atomic E-state index is -3.31. The topological polar surface area (TPSA) is 119 Å². The Bertz CT molecular complexity index is 904. The molecule has 0 aromatic carbocycles. The van der Waals surface area contributed by atoms with Gasteiger partial charge in [0.15, 0.2) is 5.92 Å². The Kier molecular flexibility index (Phi) is 5.00. The summed E-state index contributed by atoms with van der Waals surface area (Å²) in [6, 6.07) is -0.789. The molecule has 1 saturated heterocycles. The number of carbonyl (C=O) groups is 3. The third-order valence-corrected chi connectivity index (χ3v) is 6.19. The average molecular weight is 396 g/mol. The standard InChI is InChI=1S/C16H21N5O5S/c1-19-13-12(15(23)20(2)16(19)24)7-10(8-17-13)14(22)18-11-5-4-6-21(9-11)27(3,25)26/h7-8,11-12H,4-6,9H2,1-3H3/p+1. The van der Waals surface area contributed by atoms with Crippen LogP contribution in [-0.4, -0.2) is 91.6 Å². The van der Waals surface area contributed by atoms with E-state index in [9.17, 15) is 22.8 Å². The molecule has 10 nitrogen and oxygen atoms in total. The Hall–Kier alpha value is -2.40.